The molecule has 0 unspecified atom stereocenters. The molecule has 0 saturated carbocycles. The predicted molar refractivity (Wildman–Crippen MR) is 101 cm³/mol. The highest BCUT2D eigenvalue weighted by Gasteiger charge is 2.01. The normalized spacial score (nSPS) is 10.7. The number of hydrogen-bond donors (Lipinski definition) is 2. The fraction of sp³-hybridized carbons (Fsp3) is 0.263. The van der Waals surface area contributed by atoms with Gasteiger partial charge in [0, 0.05) is 24.5 Å². The van der Waals surface area contributed by atoms with Crippen LogP contribution in [0.4, 0.5) is 15.8 Å². The number of hydrazone groups is 1. The number of hydrogen-bond acceptors (Lipinski definition) is 4. The van der Waals surface area contributed by atoms with Crippen LogP contribution in [0, 0.1) is 5.82 Å². The van der Waals surface area contributed by atoms with Gasteiger partial charge in [-0.1, -0.05) is 12.1 Å². The van der Waals surface area contributed by atoms with Gasteiger partial charge in [0.2, 0.25) is 0 Å². The third kappa shape index (κ3) is 5.91. The minimum atomic E-state index is -0.313. The van der Waals surface area contributed by atoms with Gasteiger partial charge in [0.1, 0.15) is 5.82 Å². The van der Waals surface area contributed by atoms with Crippen LogP contribution in [0.2, 0.25) is 0 Å². The van der Waals surface area contributed by atoms with Gasteiger partial charge in [-0.2, -0.15) is 5.10 Å². The number of carbonyl (C=O) groups is 1. The molecule has 0 heterocycles. The Labute approximate surface area is 147 Å². The number of halogens is 1. The van der Waals surface area contributed by atoms with Gasteiger partial charge in [-0.05, 0) is 55.8 Å². The van der Waals surface area contributed by atoms with Crippen molar-refractivity contribution in [3.8, 4) is 0 Å². The summed E-state index contributed by atoms with van der Waals surface area (Å²) in [6.45, 7) is 6.22. The number of anilines is 2. The minimum Gasteiger partial charge on any atom is -0.376 e. The van der Waals surface area contributed by atoms with Gasteiger partial charge in [0.05, 0.1) is 12.8 Å². The first-order valence-electron chi connectivity index (χ1n) is 8.28. The quantitative estimate of drug-likeness (QED) is 0.572. The van der Waals surface area contributed by atoms with E-state index < -0.39 is 0 Å². The third-order valence-corrected chi connectivity index (χ3v) is 3.72. The molecule has 6 heteroatoms. The molecule has 0 bridgehead atoms. The standard InChI is InChI=1S/C19H23FN4O/c1-3-24(4-2)18-11-5-15(6-12-18)13-22-23-19(25)14-21-17-9-7-16(20)8-10-17/h5-13,21H,3-4,14H2,1-2H3,(H,23,25)/b22-13-. The molecule has 1 amide bonds. The van der Waals surface area contributed by atoms with Gasteiger partial charge >= 0.3 is 0 Å². The highest BCUT2D eigenvalue weighted by Crippen LogP contribution is 2.14. The monoisotopic (exact) mass is 342 g/mol. The minimum absolute atomic E-state index is 0.0594. The Balaban J connectivity index is 1.79. The topological polar surface area (TPSA) is 56.7 Å². The molecule has 0 spiro atoms. The smallest absolute Gasteiger partial charge is 0.259 e. The fourth-order valence-electron chi connectivity index (χ4n) is 2.33. The van der Waals surface area contributed by atoms with E-state index in [2.05, 4.69) is 34.6 Å². The van der Waals surface area contributed by atoms with E-state index in [0.717, 1.165) is 24.3 Å². The van der Waals surface area contributed by atoms with Crippen molar-refractivity contribution in [2.75, 3.05) is 29.9 Å². The lowest BCUT2D eigenvalue weighted by molar-refractivity contribution is -0.119. The zero-order valence-corrected chi connectivity index (χ0v) is 14.5. The number of amides is 1. The Morgan fingerprint density at radius 2 is 1.72 bits per heavy atom. The molecular weight excluding hydrogens is 319 g/mol. The summed E-state index contributed by atoms with van der Waals surface area (Å²) >= 11 is 0. The Bertz CT molecular complexity index is 694. The molecule has 5 nitrogen and oxygen atoms in total. The van der Waals surface area contributed by atoms with E-state index >= 15 is 0 Å². The van der Waals surface area contributed by atoms with Gasteiger partial charge in [-0.3, -0.25) is 4.79 Å². The molecule has 2 aromatic rings. The third-order valence-electron chi connectivity index (χ3n) is 3.72. The summed E-state index contributed by atoms with van der Waals surface area (Å²) in [5, 5.41) is 6.84. The van der Waals surface area contributed by atoms with Gasteiger partial charge in [-0.25, -0.2) is 9.82 Å². The van der Waals surface area contributed by atoms with Crippen LogP contribution in [0.5, 0.6) is 0 Å². The second-order valence-electron chi connectivity index (χ2n) is 5.42. The van der Waals surface area contributed by atoms with E-state index in [4.69, 9.17) is 0 Å². The summed E-state index contributed by atoms with van der Waals surface area (Å²) in [4.78, 5) is 14.0. The van der Waals surface area contributed by atoms with Crippen LogP contribution in [0.1, 0.15) is 19.4 Å². The molecule has 0 saturated heterocycles. The molecule has 25 heavy (non-hydrogen) atoms. The molecule has 2 aromatic carbocycles. The largest absolute Gasteiger partial charge is 0.376 e. The van der Waals surface area contributed by atoms with E-state index in [9.17, 15) is 9.18 Å². The van der Waals surface area contributed by atoms with Gasteiger partial charge in [0.15, 0.2) is 0 Å². The van der Waals surface area contributed by atoms with Crippen LogP contribution in [0.3, 0.4) is 0 Å². The number of carbonyl (C=O) groups excluding carboxylic acids is 1. The van der Waals surface area contributed by atoms with Gasteiger partial charge in [-0.15, -0.1) is 0 Å². The summed E-state index contributed by atoms with van der Waals surface area (Å²) in [6.07, 6.45) is 1.60. The maximum Gasteiger partial charge on any atom is 0.259 e. The second-order valence-corrected chi connectivity index (χ2v) is 5.42. The zero-order valence-electron chi connectivity index (χ0n) is 14.5. The molecule has 0 aliphatic rings. The van der Waals surface area contributed by atoms with Crippen LogP contribution < -0.4 is 15.6 Å². The second kappa shape index (κ2) is 9.42. The van der Waals surface area contributed by atoms with E-state index in [0.29, 0.717) is 5.69 Å². The fourth-order valence-corrected chi connectivity index (χ4v) is 2.33. The van der Waals surface area contributed by atoms with E-state index in [1.54, 1.807) is 18.3 Å². The van der Waals surface area contributed by atoms with Crippen molar-refractivity contribution in [3.63, 3.8) is 0 Å². The molecule has 132 valence electrons. The van der Waals surface area contributed by atoms with Crippen LogP contribution in [0.25, 0.3) is 0 Å². The van der Waals surface area contributed by atoms with Gasteiger partial charge in [0.25, 0.3) is 5.91 Å². The van der Waals surface area contributed by atoms with Crippen LogP contribution in [0.15, 0.2) is 53.6 Å². The Morgan fingerprint density at radius 1 is 1.08 bits per heavy atom. The maximum absolute atomic E-state index is 12.8. The molecule has 0 aliphatic carbocycles. The molecule has 0 aliphatic heterocycles. The van der Waals surface area contributed by atoms with Crippen molar-refractivity contribution in [2.24, 2.45) is 5.10 Å². The molecule has 0 atom stereocenters. The molecule has 0 fully saturated rings. The molecule has 2 rings (SSSR count). The van der Waals surface area contributed by atoms with Gasteiger partial charge < -0.3 is 10.2 Å². The molecule has 0 radical (unpaired) electrons. The SMILES string of the molecule is CCN(CC)c1ccc(/C=N\NC(=O)CNc2ccc(F)cc2)cc1. The van der Waals surface area contributed by atoms with Crippen molar-refractivity contribution in [1.29, 1.82) is 0 Å². The van der Waals surface area contributed by atoms with E-state index in [-0.39, 0.29) is 18.3 Å². The Hall–Kier alpha value is -2.89. The summed E-state index contributed by atoms with van der Waals surface area (Å²) in [5.41, 5.74) is 5.20. The lowest BCUT2D eigenvalue weighted by Crippen LogP contribution is -2.25. The van der Waals surface area contributed by atoms with E-state index in [1.807, 2.05) is 24.3 Å². The summed E-state index contributed by atoms with van der Waals surface area (Å²) < 4.78 is 12.8. The maximum atomic E-state index is 12.8. The average Bonchev–Trinajstić information content (AvgIpc) is 2.63. The number of rotatable bonds is 8. The van der Waals surface area contributed by atoms with Crippen LogP contribution in [-0.2, 0) is 4.79 Å². The van der Waals surface area contributed by atoms with E-state index in [1.165, 1.54) is 12.1 Å². The van der Waals surface area contributed by atoms with Crippen molar-refractivity contribution in [1.82, 2.24) is 5.43 Å². The number of benzene rings is 2. The summed E-state index contributed by atoms with van der Waals surface area (Å²) in [7, 11) is 0. The summed E-state index contributed by atoms with van der Waals surface area (Å²) in [5.74, 6) is -0.591. The lowest BCUT2D eigenvalue weighted by Gasteiger charge is -2.20. The first-order chi connectivity index (χ1) is 12.1. The molecule has 2 N–H and O–H groups in total. The summed E-state index contributed by atoms with van der Waals surface area (Å²) in [6, 6.07) is 13.8. The average molecular weight is 342 g/mol. The lowest BCUT2D eigenvalue weighted by atomic mass is 10.2. The van der Waals surface area contributed by atoms with Crippen molar-refractivity contribution in [2.45, 2.75) is 13.8 Å². The number of nitrogens with one attached hydrogen (secondary N) is 2. The number of nitrogens with zero attached hydrogens (tertiary/aromatic N) is 2. The Morgan fingerprint density at radius 3 is 2.32 bits per heavy atom. The van der Waals surface area contributed by atoms with Crippen molar-refractivity contribution in [3.05, 3.63) is 59.9 Å². The van der Waals surface area contributed by atoms with Crippen molar-refractivity contribution >= 4 is 23.5 Å². The Kier molecular flexibility index (Phi) is 6.95. The first-order valence-corrected chi connectivity index (χ1v) is 8.28. The molecular formula is C19H23FN4O. The van der Waals surface area contributed by atoms with Crippen LogP contribution >= 0.6 is 0 Å². The predicted octanol–water partition coefficient (Wildman–Crippen LogP) is 3.23. The van der Waals surface area contributed by atoms with Crippen molar-refractivity contribution < 1.29 is 9.18 Å². The first kappa shape index (κ1) is 18.4. The highest BCUT2D eigenvalue weighted by molar-refractivity contribution is 5.84. The van der Waals surface area contributed by atoms with Crippen LogP contribution in [-0.4, -0.2) is 31.8 Å². The highest BCUT2D eigenvalue weighted by atomic mass is 19.1. The zero-order chi connectivity index (χ0) is 18.1. The molecule has 0 aromatic heterocycles.